The van der Waals surface area contributed by atoms with Crippen LogP contribution in [-0.2, 0) is 5.41 Å². The number of hydrogen-bond donors (Lipinski definition) is 0. The number of thiophene rings is 1. The van der Waals surface area contributed by atoms with Gasteiger partial charge in [-0.15, -0.1) is 11.3 Å². The summed E-state index contributed by atoms with van der Waals surface area (Å²) in [7, 11) is 0. The molecule has 8 aromatic carbocycles. The normalized spacial score (nSPS) is 13.1. The minimum Gasteiger partial charge on any atom is -0.455 e. The average molecular weight is 710 g/mol. The molecule has 256 valence electrons. The van der Waals surface area contributed by atoms with Gasteiger partial charge in [-0.2, -0.15) is 0 Å². The van der Waals surface area contributed by atoms with E-state index in [1.165, 1.54) is 59.1 Å². The van der Waals surface area contributed by atoms with Crippen molar-refractivity contribution in [3.63, 3.8) is 0 Å². The molecule has 2 aromatic heterocycles. The Morgan fingerprint density at radius 2 is 1.04 bits per heavy atom. The van der Waals surface area contributed by atoms with Crippen molar-refractivity contribution < 1.29 is 4.42 Å². The molecule has 11 rings (SSSR count). The number of fused-ring (bicyclic) bond motifs is 9. The van der Waals surface area contributed by atoms with Crippen molar-refractivity contribution in [2.45, 2.75) is 19.3 Å². The first-order valence-corrected chi connectivity index (χ1v) is 19.4. The van der Waals surface area contributed by atoms with Gasteiger partial charge in [-0.3, -0.25) is 0 Å². The van der Waals surface area contributed by atoms with Crippen LogP contribution in [-0.4, -0.2) is 0 Å². The maximum atomic E-state index is 6.47. The third kappa shape index (κ3) is 4.72. The van der Waals surface area contributed by atoms with E-state index >= 15 is 0 Å². The molecule has 0 spiro atoms. The minimum atomic E-state index is -0.213. The Balaban J connectivity index is 1.04. The van der Waals surface area contributed by atoms with E-state index in [1.807, 2.05) is 17.4 Å². The van der Waals surface area contributed by atoms with Gasteiger partial charge < -0.3 is 9.32 Å². The Bertz CT molecular complexity index is 3080. The Kier molecular flexibility index (Phi) is 6.80. The van der Waals surface area contributed by atoms with Gasteiger partial charge in [0.25, 0.3) is 0 Å². The van der Waals surface area contributed by atoms with Gasteiger partial charge in [0, 0.05) is 59.0 Å². The van der Waals surface area contributed by atoms with Crippen molar-refractivity contribution in [1.29, 1.82) is 0 Å². The van der Waals surface area contributed by atoms with Gasteiger partial charge >= 0.3 is 0 Å². The largest absolute Gasteiger partial charge is 0.455 e. The fourth-order valence-corrected chi connectivity index (χ4v) is 9.83. The molecule has 2 nitrogen and oxygen atoms in total. The summed E-state index contributed by atoms with van der Waals surface area (Å²) in [5.74, 6) is 0. The van der Waals surface area contributed by atoms with Crippen molar-refractivity contribution in [2.75, 3.05) is 4.90 Å². The Morgan fingerprint density at radius 3 is 1.89 bits per heavy atom. The summed E-state index contributed by atoms with van der Waals surface area (Å²) in [4.78, 5) is 2.42. The van der Waals surface area contributed by atoms with E-state index in [9.17, 15) is 0 Å². The standard InChI is InChI=1S/C51H35NOS/c1-51(2)45-29-34(38-15-10-16-43-41-13-6-8-17-47(41)53-50(38)43)21-26-39(45)40-27-24-37(31-46(40)51)52(35-22-19-33(20-23-35)32-11-4-3-5-12-32)36-25-28-49-44(30-36)42-14-7-9-18-48(42)54-49/h3-31H,1-2H3. The predicted octanol–water partition coefficient (Wildman–Crippen LogP) is 15.1. The number of para-hydroxylation sites is 2. The van der Waals surface area contributed by atoms with Crippen LogP contribution in [0.2, 0.25) is 0 Å². The molecule has 2 heterocycles. The van der Waals surface area contributed by atoms with Crippen molar-refractivity contribution in [2.24, 2.45) is 0 Å². The van der Waals surface area contributed by atoms with Crippen LogP contribution >= 0.6 is 11.3 Å². The highest BCUT2D eigenvalue weighted by molar-refractivity contribution is 7.25. The molecule has 0 radical (unpaired) electrons. The first-order chi connectivity index (χ1) is 26.5. The lowest BCUT2D eigenvalue weighted by atomic mass is 9.81. The van der Waals surface area contributed by atoms with Crippen molar-refractivity contribution >= 4 is 70.5 Å². The maximum Gasteiger partial charge on any atom is 0.143 e. The molecule has 0 aliphatic heterocycles. The molecule has 0 atom stereocenters. The number of rotatable bonds is 5. The molecule has 0 bridgehead atoms. The number of benzene rings is 8. The molecule has 1 aliphatic carbocycles. The first-order valence-electron chi connectivity index (χ1n) is 18.6. The number of furan rings is 1. The second-order valence-electron chi connectivity index (χ2n) is 14.9. The van der Waals surface area contributed by atoms with Crippen LogP contribution in [0, 0.1) is 0 Å². The highest BCUT2D eigenvalue weighted by Crippen LogP contribution is 2.52. The Labute approximate surface area is 318 Å². The van der Waals surface area contributed by atoms with Crippen LogP contribution in [0.3, 0.4) is 0 Å². The van der Waals surface area contributed by atoms with Gasteiger partial charge in [0.05, 0.1) is 0 Å². The topological polar surface area (TPSA) is 16.4 Å². The monoisotopic (exact) mass is 709 g/mol. The van der Waals surface area contributed by atoms with Gasteiger partial charge in [0.1, 0.15) is 11.2 Å². The highest BCUT2D eigenvalue weighted by Gasteiger charge is 2.36. The van der Waals surface area contributed by atoms with E-state index in [0.29, 0.717) is 0 Å². The van der Waals surface area contributed by atoms with E-state index in [-0.39, 0.29) is 5.41 Å². The zero-order valence-corrected chi connectivity index (χ0v) is 30.8. The molecular weight excluding hydrogens is 675 g/mol. The van der Waals surface area contributed by atoms with Crippen LogP contribution in [0.15, 0.2) is 180 Å². The molecular formula is C51H35NOS. The summed E-state index contributed by atoms with van der Waals surface area (Å²) in [6.45, 7) is 4.74. The molecule has 3 heteroatoms. The molecule has 10 aromatic rings. The van der Waals surface area contributed by atoms with Crippen LogP contribution < -0.4 is 4.90 Å². The van der Waals surface area contributed by atoms with E-state index in [0.717, 1.165) is 44.6 Å². The fourth-order valence-electron chi connectivity index (χ4n) is 8.74. The van der Waals surface area contributed by atoms with E-state index < -0.39 is 0 Å². The molecule has 0 saturated carbocycles. The molecule has 0 fully saturated rings. The van der Waals surface area contributed by atoms with Crippen LogP contribution in [0.5, 0.6) is 0 Å². The molecule has 0 unspecified atom stereocenters. The fraction of sp³-hybridized carbons (Fsp3) is 0.0588. The predicted molar refractivity (Wildman–Crippen MR) is 230 cm³/mol. The SMILES string of the molecule is CC1(C)c2cc(-c3cccc4c3oc3ccccc34)ccc2-c2ccc(N(c3ccc(-c4ccccc4)cc3)c3ccc4sc5ccccc5c4c3)cc21. The summed E-state index contributed by atoms with van der Waals surface area (Å²) >= 11 is 1.86. The minimum absolute atomic E-state index is 0.213. The third-order valence-corrected chi connectivity index (χ3v) is 12.6. The number of nitrogens with zero attached hydrogens (tertiary/aromatic N) is 1. The van der Waals surface area contributed by atoms with Gasteiger partial charge in [-0.25, -0.2) is 0 Å². The zero-order valence-electron chi connectivity index (χ0n) is 30.0. The first kappa shape index (κ1) is 31.1. The molecule has 54 heavy (non-hydrogen) atoms. The second kappa shape index (κ2) is 11.8. The van der Waals surface area contributed by atoms with Gasteiger partial charge in [0.2, 0.25) is 0 Å². The van der Waals surface area contributed by atoms with Crippen LogP contribution in [0.25, 0.3) is 75.5 Å². The summed E-state index contributed by atoms with van der Waals surface area (Å²) in [6, 6.07) is 64.2. The molecule has 1 aliphatic rings. The summed E-state index contributed by atoms with van der Waals surface area (Å²) in [5.41, 5.74) is 15.1. The lowest BCUT2D eigenvalue weighted by Crippen LogP contribution is -2.16. The van der Waals surface area contributed by atoms with E-state index in [4.69, 9.17) is 4.42 Å². The van der Waals surface area contributed by atoms with Gasteiger partial charge in [-0.1, -0.05) is 129 Å². The number of hydrogen-bond acceptors (Lipinski definition) is 3. The molecule has 0 N–H and O–H groups in total. The van der Waals surface area contributed by atoms with Crippen LogP contribution in [0.1, 0.15) is 25.0 Å². The lowest BCUT2D eigenvalue weighted by molar-refractivity contribution is 0.660. The average Bonchev–Trinajstić information content (AvgIpc) is 3.86. The van der Waals surface area contributed by atoms with E-state index in [1.54, 1.807) is 0 Å². The quantitative estimate of drug-likeness (QED) is 0.177. The Morgan fingerprint density at radius 1 is 0.426 bits per heavy atom. The maximum absolute atomic E-state index is 6.47. The summed E-state index contributed by atoms with van der Waals surface area (Å²) in [6.07, 6.45) is 0. The lowest BCUT2D eigenvalue weighted by Gasteiger charge is -2.28. The van der Waals surface area contributed by atoms with Crippen molar-refractivity contribution in [3.8, 4) is 33.4 Å². The van der Waals surface area contributed by atoms with Crippen LogP contribution in [0.4, 0.5) is 17.1 Å². The zero-order chi connectivity index (χ0) is 36.0. The smallest absolute Gasteiger partial charge is 0.143 e. The second-order valence-corrected chi connectivity index (χ2v) is 16.0. The summed E-state index contributed by atoms with van der Waals surface area (Å²) < 4.78 is 9.09. The van der Waals surface area contributed by atoms with Gasteiger partial charge in [0.15, 0.2) is 0 Å². The molecule has 0 amide bonds. The van der Waals surface area contributed by atoms with Gasteiger partial charge in [-0.05, 0) is 99.6 Å². The third-order valence-electron chi connectivity index (χ3n) is 11.5. The Hall–Kier alpha value is -6.42. The summed E-state index contributed by atoms with van der Waals surface area (Å²) in [5, 5.41) is 4.90. The van der Waals surface area contributed by atoms with Crippen molar-refractivity contribution in [1.82, 2.24) is 0 Å². The molecule has 0 saturated heterocycles. The highest BCUT2D eigenvalue weighted by atomic mass is 32.1. The number of anilines is 3. The van der Waals surface area contributed by atoms with E-state index in [2.05, 4.69) is 189 Å². The van der Waals surface area contributed by atoms with Crippen molar-refractivity contribution in [3.05, 3.63) is 187 Å².